The normalized spacial score (nSPS) is 19.5. The third-order valence-corrected chi connectivity index (χ3v) is 2.85. The molecule has 0 atom stereocenters. The molecule has 1 nitrogen and oxygen atoms in total. The van der Waals surface area contributed by atoms with Crippen LogP contribution in [0.25, 0.3) is 0 Å². The molecule has 0 spiro atoms. The second-order valence-corrected chi connectivity index (χ2v) is 4.47. The summed E-state index contributed by atoms with van der Waals surface area (Å²) >= 11 is 3.35. The predicted molar refractivity (Wildman–Crippen MR) is 54.6 cm³/mol. The Balaban J connectivity index is 2.05. The molecule has 0 amide bonds. The van der Waals surface area contributed by atoms with Crippen LogP contribution in [0.2, 0.25) is 0 Å². The average Bonchev–Trinajstić information content (AvgIpc) is 2.06. The summed E-state index contributed by atoms with van der Waals surface area (Å²) in [6.07, 6.45) is 0.521. The quantitative estimate of drug-likeness (QED) is 0.841. The van der Waals surface area contributed by atoms with Crippen molar-refractivity contribution >= 4 is 15.9 Å². The molecule has 1 aromatic carbocycles. The van der Waals surface area contributed by atoms with Crippen LogP contribution in [0.3, 0.4) is 0 Å². The number of hydrogen-bond donors (Lipinski definition) is 1. The van der Waals surface area contributed by atoms with E-state index in [1.807, 2.05) is 24.3 Å². The van der Waals surface area contributed by atoms with E-state index in [0.29, 0.717) is 19.5 Å². The minimum Gasteiger partial charge on any atom is -0.310 e. The Bertz CT molecular complexity index is 292. The van der Waals surface area contributed by atoms with Crippen LogP contribution in [0.1, 0.15) is 5.56 Å². The fraction of sp³-hybridized carbons (Fsp3) is 0.400. The maximum atomic E-state index is 13.6. The zero-order valence-corrected chi connectivity index (χ0v) is 8.77. The average molecular weight is 244 g/mol. The monoisotopic (exact) mass is 243 g/mol. The van der Waals surface area contributed by atoms with Gasteiger partial charge in [0.05, 0.1) is 0 Å². The lowest BCUT2D eigenvalue weighted by atomic mass is 9.91. The molecule has 0 aromatic heterocycles. The van der Waals surface area contributed by atoms with Crippen LogP contribution >= 0.6 is 15.9 Å². The molecule has 0 aliphatic carbocycles. The summed E-state index contributed by atoms with van der Waals surface area (Å²) in [4.78, 5) is 0. The first-order valence-corrected chi connectivity index (χ1v) is 5.11. The minimum absolute atomic E-state index is 0.489. The van der Waals surface area contributed by atoms with E-state index in [-0.39, 0.29) is 0 Å². The van der Waals surface area contributed by atoms with Crippen LogP contribution in [-0.2, 0) is 6.42 Å². The van der Waals surface area contributed by atoms with E-state index >= 15 is 0 Å². The van der Waals surface area contributed by atoms with Gasteiger partial charge in [0.25, 0.3) is 0 Å². The van der Waals surface area contributed by atoms with Crippen LogP contribution in [0.5, 0.6) is 0 Å². The van der Waals surface area contributed by atoms with Crippen molar-refractivity contribution in [2.75, 3.05) is 13.1 Å². The van der Waals surface area contributed by atoms with Gasteiger partial charge in [-0.25, -0.2) is 4.39 Å². The highest BCUT2D eigenvalue weighted by atomic mass is 79.9. The SMILES string of the molecule is FC1(Cc2ccc(Br)cc2)CNC1. The second-order valence-electron chi connectivity index (χ2n) is 3.56. The zero-order chi connectivity index (χ0) is 9.31. The van der Waals surface area contributed by atoms with Crippen molar-refractivity contribution in [1.29, 1.82) is 0 Å². The van der Waals surface area contributed by atoms with Crippen molar-refractivity contribution < 1.29 is 4.39 Å². The molecule has 3 heteroatoms. The number of halogens is 2. The first kappa shape index (κ1) is 9.16. The summed E-state index contributed by atoms with van der Waals surface area (Å²) in [6.45, 7) is 0.978. The van der Waals surface area contributed by atoms with E-state index in [2.05, 4.69) is 21.2 Å². The number of hydrogen-bond acceptors (Lipinski definition) is 1. The molecule has 70 valence electrons. The van der Waals surface area contributed by atoms with Crippen molar-refractivity contribution in [2.45, 2.75) is 12.1 Å². The Labute approximate surface area is 85.5 Å². The summed E-state index contributed by atoms with van der Waals surface area (Å²) < 4.78 is 14.7. The van der Waals surface area contributed by atoms with Crippen molar-refractivity contribution in [3.63, 3.8) is 0 Å². The first-order chi connectivity index (χ1) is 6.18. The summed E-state index contributed by atoms with van der Waals surface area (Å²) in [5.41, 5.74) is 0.0561. The summed E-state index contributed by atoms with van der Waals surface area (Å²) in [5.74, 6) is 0. The van der Waals surface area contributed by atoms with Gasteiger partial charge in [0.2, 0.25) is 0 Å². The molecule has 1 aliphatic rings. The van der Waals surface area contributed by atoms with E-state index < -0.39 is 5.67 Å². The Hall–Kier alpha value is -0.410. The van der Waals surface area contributed by atoms with Crippen molar-refractivity contribution in [3.05, 3.63) is 34.3 Å². The molecule has 0 bridgehead atoms. The van der Waals surface area contributed by atoms with Gasteiger partial charge in [0.15, 0.2) is 0 Å². The smallest absolute Gasteiger partial charge is 0.139 e. The van der Waals surface area contributed by atoms with Crippen LogP contribution in [0.15, 0.2) is 28.7 Å². The third-order valence-electron chi connectivity index (χ3n) is 2.32. The lowest BCUT2D eigenvalue weighted by Gasteiger charge is -2.35. The molecule has 0 unspecified atom stereocenters. The van der Waals surface area contributed by atoms with Gasteiger partial charge >= 0.3 is 0 Å². The molecule has 1 fully saturated rings. The molecule has 1 aromatic rings. The van der Waals surface area contributed by atoms with Crippen LogP contribution in [0.4, 0.5) is 4.39 Å². The molecule has 13 heavy (non-hydrogen) atoms. The van der Waals surface area contributed by atoms with Crippen LogP contribution < -0.4 is 5.32 Å². The van der Waals surface area contributed by atoms with Crippen LogP contribution in [-0.4, -0.2) is 18.8 Å². The molecular weight excluding hydrogens is 233 g/mol. The summed E-state index contributed by atoms with van der Waals surface area (Å²) in [5, 5.41) is 2.95. The van der Waals surface area contributed by atoms with Gasteiger partial charge in [-0.3, -0.25) is 0 Å². The highest BCUT2D eigenvalue weighted by molar-refractivity contribution is 9.10. The molecule has 1 heterocycles. The number of alkyl halides is 1. The van der Waals surface area contributed by atoms with E-state index in [9.17, 15) is 4.39 Å². The fourth-order valence-corrected chi connectivity index (χ4v) is 1.75. The van der Waals surface area contributed by atoms with Gasteiger partial charge in [0, 0.05) is 24.0 Å². The highest BCUT2D eigenvalue weighted by Gasteiger charge is 2.36. The second kappa shape index (κ2) is 3.39. The molecule has 2 rings (SSSR count). The summed E-state index contributed by atoms with van der Waals surface area (Å²) in [7, 11) is 0. The van der Waals surface area contributed by atoms with Crippen LogP contribution in [0, 0.1) is 0 Å². The van der Waals surface area contributed by atoms with E-state index in [1.54, 1.807) is 0 Å². The molecule has 0 radical (unpaired) electrons. The maximum absolute atomic E-state index is 13.6. The molecule has 1 aliphatic heterocycles. The number of rotatable bonds is 2. The Morgan fingerprint density at radius 1 is 1.31 bits per heavy atom. The lowest BCUT2D eigenvalue weighted by Crippen LogP contribution is -2.57. The van der Waals surface area contributed by atoms with Gasteiger partial charge in [-0.2, -0.15) is 0 Å². The molecular formula is C10H11BrFN. The topological polar surface area (TPSA) is 12.0 Å². The lowest BCUT2D eigenvalue weighted by molar-refractivity contribution is 0.0912. The van der Waals surface area contributed by atoms with Crippen molar-refractivity contribution in [3.8, 4) is 0 Å². The molecule has 1 N–H and O–H groups in total. The molecule has 1 saturated heterocycles. The molecule has 0 saturated carbocycles. The van der Waals surface area contributed by atoms with Gasteiger partial charge in [0.1, 0.15) is 5.67 Å². The number of benzene rings is 1. The van der Waals surface area contributed by atoms with Gasteiger partial charge in [-0.15, -0.1) is 0 Å². The minimum atomic E-state index is -1.01. The largest absolute Gasteiger partial charge is 0.310 e. The Kier molecular flexibility index (Phi) is 2.39. The predicted octanol–water partition coefficient (Wildman–Crippen LogP) is 2.30. The number of nitrogens with one attached hydrogen (secondary N) is 1. The zero-order valence-electron chi connectivity index (χ0n) is 7.19. The van der Waals surface area contributed by atoms with E-state index in [4.69, 9.17) is 0 Å². The van der Waals surface area contributed by atoms with E-state index in [1.165, 1.54) is 0 Å². The fourth-order valence-electron chi connectivity index (χ4n) is 1.49. The third kappa shape index (κ3) is 2.09. The van der Waals surface area contributed by atoms with E-state index in [0.717, 1.165) is 10.0 Å². The summed E-state index contributed by atoms with van der Waals surface area (Å²) in [6, 6.07) is 7.82. The standard InChI is InChI=1S/C10H11BrFN/c11-9-3-1-8(2-4-9)5-10(12)6-13-7-10/h1-4,13H,5-7H2. The highest BCUT2D eigenvalue weighted by Crippen LogP contribution is 2.23. The van der Waals surface area contributed by atoms with Gasteiger partial charge in [-0.05, 0) is 17.7 Å². The Morgan fingerprint density at radius 3 is 2.38 bits per heavy atom. The maximum Gasteiger partial charge on any atom is 0.139 e. The first-order valence-electron chi connectivity index (χ1n) is 4.32. The van der Waals surface area contributed by atoms with Crippen molar-refractivity contribution in [2.24, 2.45) is 0 Å². The Morgan fingerprint density at radius 2 is 1.92 bits per heavy atom. The van der Waals surface area contributed by atoms with Gasteiger partial charge < -0.3 is 5.32 Å². The van der Waals surface area contributed by atoms with Crippen molar-refractivity contribution in [1.82, 2.24) is 5.32 Å². The van der Waals surface area contributed by atoms with Gasteiger partial charge in [-0.1, -0.05) is 28.1 Å².